The maximum absolute atomic E-state index is 12.0. The van der Waals surface area contributed by atoms with Gasteiger partial charge in [-0.25, -0.2) is 0 Å². The lowest BCUT2D eigenvalue weighted by Gasteiger charge is -2.09. The maximum Gasteiger partial charge on any atom is 0.375 e. The van der Waals surface area contributed by atoms with Gasteiger partial charge in [-0.15, -0.1) is 11.8 Å². The molecule has 1 aromatic carbocycles. The number of nitrogens with zero attached hydrogens (tertiary/aromatic N) is 2. The van der Waals surface area contributed by atoms with Crippen LogP contribution in [0.15, 0.2) is 40.2 Å². The Labute approximate surface area is 129 Å². The van der Waals surface area contributed by atoms with E-state index in [-0.39, 0.29) is 6.54 Å². The molecule has 110 valence electrons. The molecule has 0 amide bonds. The zero-order valence-corrected chi connectivity index (χ0v) is 12.5. The summed E-state index contributed by atoms with van der Waals surface area (Å²) < 4.78 is 1.14. The molecule has 0 aliphatic carbocycles. The highest BCUT2D eigenvalue weighted by molar-refractivity contribution is 7.98. The molecule has 0 radical (unpaired) electrons. The molecule has 0 aliphatic heterocycles. The van der Waals surface area contributed by atoms with Gasteiger partial charge in [0.15, 0.2) is 0 Å². The number of hydrogen-bond donors (Lipinski definition) is 1. The highest BCUT2D eigenvalue weighted by Crippen LogP contribution is 2.24. The topological polar surface area (TPSA) is 85.4 Å². The lowest BCUT2D eigenvalue weighted by molar-refractivity contribution is -0.387. The average molecular weight is 327 g/mol. The van der Waals surface area contributed by atoms with E-state index >= 15 is 0 Å². The van der Waals surface area contributed by atoms with Gasteiger partial charge < -0.3 is 9.67 Å². The maximum atomic E-state index is 12.0. The zero-order valence-electron chi connectivity index (χ0n) is 10.9. The number of rotatable bonds is 4. The Kier molecular flexibility index (Phi) is 4.54. The largest absolute Gasteiger partial charge is 0.502 e. The summed E-state index contributed by atoms with van der Waals surface area (Å²) in [5.74, 6) is -0.648. The molecule has 2 rings (SSSR count). The number of thioether (sulfide) groups is 1. The van der Waals surface area contributed by atoms with Crippen LogP contribution < -0.4 is 5.56 Å². The fraction of sp³-hybridized carbons (Fsp3) is 0.154. The van der Waals surface area contributed by atoms with Crippen molar-refractivity contribution < 1.29 is 10.0 Å². The zero-order chi connectivity index (χ0) is 15.6. The Bertz CT molecular complexity index is 760. The Morgan fingerprint density at radius 2 is 2.14 bits per heavy atom. The highest BCUT2D eigenvalue weighted by atomic mass is 35.5. The first-order chi connectivity index (χ1) is 9.93. The predicted molar refractivity (Wildman–Crippen MR) is 81.4 cm³/mol. The van der Waals surface area contributed by atoms with Crippen molar-refractivity contribution >= 4 is 29.1 Å². The summed E-state index contributed by atoms with van der Waals surface area (Å²) in [4.78, 5) is 22.9. The first-order valence-electron chi connectivity index (χ1n) is 5.83. The van der Waals surface area contributed by atoms with E-state index in [0.29, 0.717) is 10.6 Å². The van der Waals surface area contributed by atoms with Gasteiger partial charge in [-0.05, 0) is 30.0 Å². The Morgan fingerprint density at radius 3 is 2.76 bits per heavy atom. The van der Waals surface area contributed by atoms with Crippen LogP contribution in [-0.2, 0) is 6.54 Å². The fourth-order valence-corrected chi connectivity index (χ4v) is 2.47. The van der Waals surface area contributed by atoms with E-state index in [1.807, 2.05) is 18.4 Å². The average Bonchev–Trinajstić information content (AvgIpc) is 2.43. The predicted octanol–water partition coefficient (Wildman–Crippen LogP) is 2.89. The van der Waals surface area contributed by atoms with Crippen LogP contribution in [-0.4, -0.2) is 20.9 Å². The minimum atomic E-state index is -0.895. The van der Waals surface area contributed by atoms with E-state index in [2.05, 4.69) is 0 Å². The van der Waals surface area contributed by atoms with Gasteiger partial charge in [0.25, 0.3) is 0 Å². The summed E-state index contributed by atoms with van der Waals surface area (Å²) in [5.41, 5.74) is -1.04. The molecule has 1 aromatic heterocycles. The van der Waals surface area contributed by atoms with Crippen molar-refractivity contribution in [3.63, 3.8) is 0 Å². The van der Waals surface area contributed by atoms with Crippen LogP contribution in [0.25, 0.3) is 0 Å². The third kappa shape index (κ3) is 3.20. The van der Waals surface area contributed by atoms with Gasteiger partial charge in [0.2, 0.25) is 5.75 Å². The molecule has 0 saturated heterocycles. The van der Waals surface area contributed by atoms with Gasteiger partial charge in [0.1, 0.15) is 0 Å². The summed E-state index contributed by atoms with van der Waals surface area (Å²) in [6.45, 7) is 0.0905. The molecule has 0 fully saturated rings. The third-order valence-corrected chi connectivity index (χ3v) is 3.99. The van der Waals surface area contributed by atoms with Gasteiger partial charge in [-0.3, -0.25) is 14.9 Å². The molecule has 1 heterocycles. The lowest BCUT2D eigenvalue weighted by Crippen LogP contribution is -2.22. The first kappa shape index (κ1) is 15.4. The molecule has 21 heavy (non-hydrogen) atoms. The van der Waals surface area contributed by atoms with Crippen molar-refractivity contribution in [1.29, 1.82) is 0 Å². The fourth-order valence-electron chi connectivity index (χ4n) is 1.83. The lowest BCUT2D eigenvalue weighted by atomic mass is 10.2. The van der Waals surface area contributed by atoms with Crippen molar-refractivity contribution in [1.82, 2.24) is 4.57 Å². The Hall–Kier alpha value is -1.99. The summed E-state index contributed by atoms with van der Waals surface area (Å²) in [6, 6.07) is 6.49. The summed E-state index contributed by atoms with van der Waals surface area (Å²) in [7, 11) is 0. The van der Waals surface area contributed by atoms with Gasteiger partial charge in [-0.1, -0.05) is 11.6 Å². The molecule has 0 bridgehead atoms. The van der Waals surface area contributed by atoms with Gasteiger partial charge >= 0.3 is 11.2 Å². The van der Waals surface area contributed by atoms with Crippen molar-refractivity contribution in [2.24, 2.45) is 0 Å². The minimum Gasteiger partial charge on any atom is -0.502 e. The molecular formula is C13H11ClN2O4S. The van der Waals surface area contributed by atoms with Gasteiger partial charge in [-0.2, -0.15) is 0 Å². The van der Waals surface area contributed by atoms with Gasteiger partial charge in [0, 0.05) is 22.2 Å². The molecule has 8 heteroatoms. The standard InChI is InChI=1S/C13H11ClN2O4S/c1-21-9-2-3-10(14)8(6-9)7-15-5-4-11(17)12(13(15)18)16(19)20/h2-6,17H,7H2,1H3. The smallest absolute Gasteiger partial charge is 0.375 e. The number of nitro groups is 1. The van der Waals surface area contributed by atoms with E-state index in [4.69, 9.17) is 11.6 Å². The molecule has 0 unspecified atom stereocenters. The quantitative estimate of drug-likeness (QED) is 0.530. The summed E-state index contributed by atoms with van der Waals surface area (Å²) in [6.07, 6.45) is 3.21. The third-order valence-electron chi connectivity index (χ3n) is 2.89. The molecule has 0 aliphatic rings. The van der Waals surface area contributed by atoms with E-state index in [1.54, 1.807) is 6.07 Å². The molecule has 0 saturated carbocycles. The van der Waals surface area contributed by atoms with Crippen LogP contribution in [0.4, 0.5) is 5.69 Å². The number of pyridine rings is 1. The monoisotopic (exact) mass is 326 g/mol. The van der Waals surface area contributed by atoms with E-state index < -0.39 is 21.9 Å². The second kappa shape index (κ2) is 6.19. The Morgan fingerprint density at radius 1 is 1.43 bits per heavy atom. The number of benzene rings is 1. The second-order valence-corrected chi connectivity index (χ2v) is 5.48. The minimum absolute atomic E-state index is 0.0905. The number of halogens is 1. The van der Waals surface area contributed by atoms with Gasteiger partial charge in [0.05, 0.1) is 11.5 Å². The molecule has 1 N–H and O–H groups in total. The Balaban J connectivity index is 2.48. The molecule has 6 nitrogen and oxygen atoms in total. The number of hydrogen-bond acceptors (Lipinski definition) is 5. The second-order valence-electron chi connectivity index (χ2n) is 4.20. The van der Waals surface area contributed by atoms with Crippen LogP contribution in [0, 0.1) is 10.1 Å². The van der Waals surface area contributed by atoms with E-state index in [9.17, 15) is 20.0 Å². The molecule has 0 atom stereocenters. The number of aromatic hydroxyl groups is 1. The SMILES string of the molecule is CSc1ccc(Cl)c(Cn2ccc(O)c([N+](=O)[O-])c2=O)c1. The van der Waals surface area contributed by atoms with Crippen LogP contribution in [0.3, 0.4) is 0 Å². The molecule has 0 spiro atoms. The van der Waals surface area contributed by atoms with E-state index in [1.165, 1.54) is 18.0 Å². The summed E-state index contributed by atoms with van der Waals surface area (Å²) in [5, 5.41) is 20.7. The van der Waals surface area contributed by atoms with Crippen molar-refractivity contribution in [3.05, 3.63) is 61.5 Å². The van der Waals surface area contributed by atoms with Crippen molar-refractivity contribution in [2.75, 3.05) is 6.26 Å². The normalized spacial score (nSPS) is 10.6. The molecular weight excluding hydrogens is 316 g/mol. The summed E-state index contributed by atoms with van der Waals surface area (Å²) >= 11 is 7.60. The highest BCUT2D eigenvalue weighted by Gasteiger charge is 2.21. The van der Waals surface area contributed by atoms with Crippen molar-refractivity contribution in [2.45, 2.75) is 11.4 Å². The van der Waals surface area contributed by atoms with Crippen LogP contribution in [0.1, 0.15) is 5.56 Å². The number of aromatic nitrogens is 1. The van der Waals surface area contributed by atoms with E-state index in [0.717, 1.165) is 15.5 Å². The first-order valence-corrected chi connectivity index (χ1v) is 7.43. The van der Waals surface area contributed by atoms with Crippen LogP contribution in [0.2, 0.25) is 5.02 Å². The van der Waals surface area contributed by atoms with Crippen LogP contribution in [0.5, 0.6) is 5.75 Å². The van der Waals surface area contributed by atoms with Crippen molar-refractivity contribution in [3.8, 4) is 5.75 Å². The molecule has 2 aromatic rings. The van der Waals surface area contributed by atoms with Crippen LogP contribution >= 0.6 is 23.4 Å².